The highest BCUT2D eigenvalue weighted by atomic mass is 14.6. The molecule has 0 amide bonds. The molecule has 0 heteroatoms. The van der Waals surface area contributed by atoms with Gasteiger partial charge in [-0.05, 0) is 67.1 Å². The maximum absolute atomic E-state index is 2.89. The second-order valence-corrected chi connectivity index (χ2v) is 20.2. The summed E-state index contributed by atoms with van der Waals surface area (Å²) in [6.07, 6.45) is 63.5. The van der Waals surface area contributed by atoms with E-state index in [9.17, 15) is 0 Å². The smallest absolute Gasteiger partial charge is 0.0173 e. The maximum Gasteiger partial charge on any atom is -0.0173 e. The molecule has 1 radical (unpaired) electrons. The standard InChI is InChI=1S/C57H115/c1-10-18-24-28-31-33-34-35-36-38-41-45-50-55(9,17-8)57(49-16-7,53-23-15-6)56(51-44-22-14-5,52-46-27-21-13-4)54(47-42-39-30-26-20-12-3)48-43-40-37-32-29-25-19-11-2/h10-53H2,1-9H3. The second-order valence-electron chi connectivity index (χ2n) is 20.2. The summed E-state index contributed by atoms with van der Waals surface area (Å²) >= 11 is 0. The zero-order chi connectivity index (χ0) is 42.2. The highest BCUT2D eigenvalue weighted by Crippen LogP contribution is 2.69. The first-order chi connectivity index (χ1) is 27.9. The van der Waals surface area contributed by atoms with Crippen molar-refractivity contribution < 1.29 is 0 Å². The van der Waals surface area contributed by atoms with Gasteiger partial charge in [0.25, 0.3) is 0 Å². The van der Waals surface area contributed by atoms with E-state index >= 15 is 0 Å². The van der Waals surface area contributed by atoms with Crippen LogP contribution in [0.5, 0.6) is 0 Å². The van der Waals surface area contributed by atoms with Crippen LogP contribution in [-0.2, 0) is 0 Å². The minimum atomic E-state index is 0.410. The number of unbranched alkanes of at least 4 members (excludes halogenated alkanes) is 29. The van der Waals surface area contributed by atoms with Gasteiger partial charge in [0.2, 0.25) is 0 Å². The van der Waals surface area contributed by atoms with Crippen LogP contribution >= 0.6 is 0 Å². The van der Waals surface area contributed by atoms with Gasteiger partial charge >= 0.3 is 0 Å². The lowest BCUT2D eigenvalue weighted by molar-refractivity contribution is -0.114. The molecule has 0 aromatic carbocycles. The van der Waals surface area contributed by atoms with Crippen LogP contribution in [0.4, 0.5) is 0 Å². The molecule has 3 atom stereocenters. The predicted molar refractivity (Wildman–Crippen MR) is 265 cm³/mol. The fourth-order valence-corrected chi connectivity index (χ4v) is 11.8. The van der Waals surface area contributed by atoms with Crippen molar-refractivity contribution in [2.24, 2.45) is 16.2 Å². The first-order valence-corrected chi connectivity index (χ1v) is 27.7. The van der Waals surface area contributed by atoms with E-state index in [1.165, 1.54) is 283 Å². The molecule has 0 nitrogen and oxygen atoms in total. The molecule has 0 N–H and O–H groups in total. The van der Waals surface area contributed by atoms with Crippen LogP contribution in [0.2, 0.25) is 0 Å². The van der Waals surface area contributed by atoms with Crippen LogP contribution in [0.25, 0.3) is 0 Å². The van der Waals surface area contributed by atoms with Gasteiger partial charge in [0.1, 0.15) is 0 Å². The molecule has 0 heterocycles. The lowest BCUT2D eigenvalue weighted by Crippen LogP contribution is -2.55. The maximum atomic E-state index is 2.89. The topological polar surface area (TPSA) is 0 Å². The number of hydrogen-bond donors (Lipinski definition) is 0. The summed E-state index contributed by atoms with van der Waals surface area (Å²) in [5.74, 6) is 2.12. The zero-order valence-corrected chi connectivity index (χ0v) is 42.1. The van der Waals surface area contributed by atoms with E-state index in [0.717, 1.165) is 0 Å². The van der Waals surface area contributed by atoms with Gasteiger partial charge in [-0.2, -0.15) is 0 Å². The molecule has 0 rings (SSSR count). The van der Waals surface area contributed by atoms with E-state index in [-0.39, 0.29) is 0 Å². The van der Waals surface area contributed by atoms with E-state index in [0.29, 0.717) is 16.2 Å². The molecule has 0 aliphatic rings. The Morgan fingerprint density at radius 1 is 0.263 bits per heavy atom. The van der Waals surface area contributed by atoms with Gasteiger partial charge < -0.3 is 0 Å². The van der Waals surface area contributed by atoms with E-state index in [4.69, 9.17) is 0 Å². The van der Waals surface area contributed by atoms with E-state index in [1.54, 1.807) is 0 Å². The highest BCUT2D eigenvalue weighted by molar-refractivity contribution is 5.19. The van der Waals surface area contributed by atoms with Gasteiger partial charge in [-0.15, -0.1) is 0 Å². The van der Waals surface area contributed by atoms with Crippen LogP contribution in [0.15, 0.2) is 0 Å². The minimum absolute atomic E-state index is 0.410. The normalized spacial score (nSPS) is 15.3. The third kappa shape index (κ3) is 24.3. The molecular formula is C57H115. The Hall–Kier alpha value is 0. The third-order valence-corrected chi connectivity index (χ3v) is 15.6. The van der Waals surface area contributed by atoms with Gasteiger partial charge in [-0.1, -0.05) is 300 Å². The Morgan fingerprint density at radius 3 is 0.930 bits per heavy atom. The molecule has 0 aromatic heterocycles. The largest absolute Gasteiger partial charge is 0.0654 e. The molecule has 0 bridgehead atoms. The van der Waals surface area contributed by atoms with Crippen molar-refractivity contribution in [3.63, 3.8) is 0 Å². The summed E-state index contributed by atoms with van der Waals surface area (Å²) in [5, 5.41) is 0. The molecule has 343 valence electrons. The van der Waals surface area contributed by atoms with Crippen LogP contribution in [0.1, 0.15) is 345 Å². The van der Waals surface area contributed by atoms with Crippen LogP contribution in [0.3, 0.4) is 0 Å². The Morgan fingerprint density at radius 2 is 0.561 bits per heavy atom. The van der Waals surface area contributed by atoms with Crippen molar-refractivity contribution in [2.45, 2.75) is 345 Å². The molecule has 57 heavy (non-hydrogen) atoms. The molecule has 0 spiro atoms. The zero-order valence-electron chi connectivity index (χ0n) is 42.1. The van der Waals surface area contributed by atoms with Crippen molar-refractivity contribution in [3.8, 4) is 0 Å². The summed E-state index contributed by atoms with van der Waals surface area (Å²) in [4.78, 5) is 0. The Kier molecular flexibility index (Phi) is 40.1. The average Bonchev–Trinajstić information content (AvgIpc) is 3.22. The Bertz CT molecular complexity index is 783. The van der Waals surface area contributed by atoms with Crippen molar-refractivity contribution in [1.82, 2.24) is 0 Å². The lowest BCUT2D eigenvalue weighted by atomic mass is 9.40. The van der Waals surface area contributed by atoms with E-state index < -0.39 is 0 Å². The summed E-state index contributed by atoms with van der Waals surface area (Å²) in [5.41, 5.74) is 1.25. The molecule has 3 unspecified atom stereocenters. The van der Waals surface area contributed by atoms with Crippen molar-refractivity contribution in [2.75, 3.05) is 0 Å². The summed E-state index contributed by atoms with van der Waals surface area (Å²) in [6, 6.07) is 0. The highest BCUT2D eigenvalue weighted by Gasteiger charge is 2.60. The van der Waals surface area contributed by atoms with Gasteiger partial charge in [-0.25, -0.2) is 0 Å². The minimum Gasteiger partial charge on any atom is -0.0654 e. The molecule has 0 fully saturated rings. The fraction of sp³-hybridized carbons (Fsp3) is 0.982. The molecule has 0 aromatic rings. The summed E-state index contributed by atoms with van der Waals surface area (Å²) in [6.45, 7) is 22.6. The Labute approximate surface area is 365 Å². The van der Waals surface area contributed by atoms with Crippen LogP contribution in [-0.4, -0.2) is 0 Å². The molecule has 0 aliphatic carbocycles. The second kappa shape index (κ2) is 40.1. The van der Waals surface area contributed by atoms with E-state index in [1.807, 2.05) is 0 Å². The quantitative estimate of drug-likeness (QED) is 0.0538. The summed E-state index contributed by atoms with van der Waals surface area (Å²) < 4.78 is 0. The predicted octanol–water partition coefficient (Wildman–Crippen LogP) is 21.9. The van der Waals surface area contributed by atoms with E-state index in [2.05, 4.69) is 68.2 Å². The van der Waals surface area contributed by atoms with Crippen molar-refractivity contribution >= 4 is 0 Å². The van der Waals surface area contributed by atoms with Crippen LogP contribution in [0, 0.1) is 22.2 Å². The monoisotopic (exact) mass is 800 g/mol. The van der Waals surface area contributed by atoms with Crippen LogP contribution < -0.4 is 0 Å². The van der Waals surface area contributed by atoms with Crippen molar-refractivity contribution in [3.05, 3.63) is 5.92 Å². The molecule has 0 saturated heterocycles. The van der Waals surface area contributed by atoms with Crippen molar-refractivity contribution in [1.29, 1.82) is 0 Å². The van der Waals surface area contributed by atoms with Gasteiger partial charge in [0.15, 0.2) is 0 Å². The Balaban J connectivity index is 6.76. The lowest BCUT2D eigenvalue weighted by Gasteiger charge is -2.64. The molecule has 0 aliphatic heterocycles. The van der Waals surface area contributed by atoms with Gasteiger partial charge in [0.05, 0.1) is 0 Å². The first-order valence-electron chi connectivity index (χ1n) is 27.7. The SMILES string of the molecule is CCCCCCCCCCCCCCC(C)(CC)C(CCC)(CCCC)C(CCCCC)(CCCCCC)[C](CCCCCCCC)CCCCCCCCCC. The summed E-state index contributed by atoms with van der Waals surface area (Å²) in [7, 11) is 0. The number of rotatable bonds is 47. The first kappa shape index (κ1) is 57.0. The van der Waals surface area contributed by atoms with Gasteiger partial charge in [-0.3, -0.25) is 0 Å². The molecule has 0 saturated carbocycles. The fourth-order valence-electron chi connectivity index (χ4n) is 11.8. The third-order valence-electron chi connectivity index (χ3n) is 15.6. The number of hydrogen-bond acceptors (Lipinski definition) is 0. The van der Waals surface area contributed by atoms with Gasteiger partial charge in [0, 0.05) is 0 Å². The molecular weight excluding hydrogens is 685 g/mol. The average molecular weight is 801 g/mol.